The molecule has 1 aromatic carbocycles. The second-order valence-corrected chi connectivity index (χ2v) is 4.48. The molecule has 98 valence electrons. The number of nitrogens with zero attached hydrogens (tertiary/aromatic N) is 1. The van der Waals surface area contributed by atoms with E-state index in [2.05, 4.69) is 16.4 Å². The molecule has 0 bridgehead atoms. The van der Waals surface area contributed by atoms with Gasteiger partial charge in [-0.3, -0.25) is 0 Å². The van der Waals surface area contributed by atoms with E-state index in [9.17, 15) is 4.79 Å². The van der Waals surface area contributed by atoms with Crippen molar-refractivity contribution in [2.75, 3.05) is 5.32 Å². The lowest BCUT2D eigenvalue weighted by Crippen LogP contribution is -2.06. The van der Waals surface area contributed by atoms with Crippen LogP contribution in [0.1, 0.15) is 27.2 Å². The van der Waals surface area contributed by atoms with Gasteiger partial charge in [0.15, 0.2) is 0 Å². The van der Waals surface area contributed by atoms with Gasteiger partial charge in [-0.25, -0.2) is 9.78 Å². The Morgan fingerprint density at radius 3 is 2.68 bits per heavy atom. The third kappa shape index (κ3) is 3.31. The third-order valence-corrected chi connectivity index (χ3v) is 2.87. The van der Waals surface area contributed by atoms with Crippen molar-refractivity contribution < 1.29 is 9.90 Å². The van der Waals surface area contributed by atoms with Crippen LogP contribution in [0.15, 0.2) is 36.4 Å². The molecule has 0 saturated carbocycles. The fourth-order valence-electron chi connectivity index (χ4n) is 1.90. The van der Waals surface area contributed by atoms with E-state index in [1.54, 1.807) is 19.1 Å². The fourth-order valence-corrected chi connectivity index (χ4v) is 1.90. The van der Waals surface area contributed by atoms with Crippen molar-refractivity contribution in [2.45, 2.75) is 20.4 Å². The summed E-state index contributed by atoms with van der Waals surface area (Å²) in [6.45, 7) is 4.41. The number of aryl methyl sites for hydroxylation is 2. The van der Waals surface area contributed by atoms with Gasteiger partial charge >= 0.3 is 5.97 Å². The number of nitrogens with one attached hydrogen (secondary N) is 1. The van der Waals surface area contributed by atoms with Crippen molar-refractivity contribution in [3.63, 3.8) is 0 Å². The first kappa shape index (κ1) is 13.1. The number of anilines is 1. The minimum absolute atomic E-state index is 0.237. The summed E-state index contributed by atoms with van der Waals surface area (Å²) in [5, 5.41) is 12.1. The normalized spacial score (nSPS) is 10.2. The number of carboxylic acids is 1. The Balaban J connectivity index is 2.08. The van der Waals surface area contributed by atoms with Crippen LogP contribution in [0.3, 0.4) is 0 Å². The molecule has 1 aromatic heterocycles. The average Bonchev–Trinajstić information content (AvgIpc) is 2.36. The van der Waals surface area contributed by atoms with Gasteiger partial charge in [0.1, 0.15) is 5.82 Å². The molecule has 0 aliphatic heterocycles. The predicted octanol–water partition coefficient (Wildman–Crippen LogP) is 3.01. The zero-order chi connectivity index (χ0) is 13.8. The Hall–Kier alpha value is -2.36. The topological polar surface area (TPSA) is 62.2 Å². The Labute approximate surface area is 112 Å². The summed E-state index contributed by atoms with van der Waals surface area (Å²) in [5.74, 6) is -0.265. The molecule has 0 aliphatic rings. The average molecular weight is 256 g/mol. The molecule has 2 N–H and O–H groups in total. The van der Waals surface area contributed by atoms with Crippen LogP contribution in [0.4, 0.5) is 5.82 Å². The van der Waals surface area contributed by atoms with E-state index in [-0.39, 0.29) is 5.56 Å². The number of pyridine rings is 1. The Morgan fingerprint density at radius 1 is 1.26 bits per heavy atom. The van der Waals surface area contributed by atoms with Gasteiger partial charge in [0, 0.05) is 6.54 Å². The van der Waals surface area contributed by atoms with Crippen molar-refractivity contribution in [3.05, 3.63) is 58.8 Å². The van der Waals surface area contributed by atoms with Gasteiger partial charge in [0.05, 0.1) is 11.3 Å². The van der Waals surface area contributed by atoms with E-state index < -0.39 is 5.97 Å². The smallest absolute Gasteiger partial charge is 0.337 e. The molecule has 0 fully saturated rings. The summed E-state index contributed by atoms with van der Waals surface area (Å²) in [4.78, 5) is 15.1. The molecule has 1 heterocycles. The van der Waals surface area contributed by atoms with Crippen LogP contribution >= 0.6 is 0 Å². The molecule has 4 nitrogen and oxygen atoms in total. The monoisotopic (exact) mass is 256 g/mol. The van der Waals surface area contributed by atoms with Crippen LogP contribution in [0.25, 0.3) is 0 Å². The van der Waals surface area contributed by atoms with Crippen LogP contribution in [0.2, 0.25) is 0 Å². The van der Waals surface area contributed by atoms with Crippen molar-refractivity contribution in [1.29, 1.82) is 0 Å². The summed E-state index contributed by atoms with van der Waals surface area (Å²) >= 11 is 0. The molecule has 4 heteroatoms. The van der Waals surface area contributed by atoms with Crippen molar-refractivity contribution in [1.82, 2.24) is 4.98 Å². The molecule has 0 atom stereocenters. The van der Waals surface area contributed by atoms with E-state index in [4.69, 9.17) is 5.11 Å². The van der Waals surface area contributed by atoms with Crippen molar-refractivity contribution in [2.24, 2.45) is 0 Å². The molecule has 0 amide bonds. The summed E-state index contributed by atoms with van der Waals surface area (Å²) in [5.41, 5.74) is 3.13. The van der Waals surface area contributed by atoms with Gasteiger partial charge in [-0.2, -0.15) is 0 Å². The van der Waals surface area contributed by atoms with Crippen LogP contribution in [-0.4, -0.2) is 16.1 Å². The van der Waals surface area contributed by atoms with Gasteiger partial charge in [-0.05, 0) is 31.5 Å². The minimum atomic E-state index is -0.949. The zero-order valence-electron chi connectivity index (χ0n) is 11.0. The molecule has 0 saturated heterocycles. The lowest BCUT2D eigenvalue weighted by atomic mass is 10.1. The van der Waals surface area contributed by atoms with Crippen LogP contribution in [0.5, 0.6) is 0 Å². The molecular weight excluding hydrogens is 240 g/mol. The van der Waals surface area contributed by atoms with E-state index >= 15 is 0 Å². The quantitative estimate of drug-likeness (QED) is 0.882. The number of hydrogen-bond acceptors (Lipinski definition) is 3. The summed E-state index contributed by atoms with van der Waals surface area (Å²) in [6, 6.07) is 11.5. The maximum Gasteiger partial charge on any atom is 0.337 e. The van der Waals surface area contributed by atoms with Crippen LogP contribution in [0, 0.1) is 13.8 Å². The molecule has 2 rings (SSSR count). The maximum absolute atomic E-state index is 10.9. The highest BCUT2D eigenvalue weighted by atomic mass is 16.4. The number of carbonyl (C=O) groups is 1. The maximum atomic E-state index is 10.9. The molecule has 2 aromatic rings. The molecule has 0 aliphatic carbocycles. The lowest BCUT2D eigenvalue weighted by Gasteiger charge is -2.08. The number of carboxylic acid groups (broad SMARTS) is 1. The van der Waals surface area contributed by atoms with Gasteiger partial charge in [0.2, 0.25) is 0 Å². The minimum Gasteiger partial charge on any atom is -0.478 e. The van der Waals surface area contributed by atoms with Crippen molar-refractivity contribution in [3.8, 4) is 0 Å². The SMILES string of the molecule is Cc1cccc(CNc2ccc(C(=O)O)c(C)n2)c1. The standard InChI is InChI=1S/C15H16N2O2/c1-10-4-3-5-12(8-10)9-16-14-7-6-13(15(18)19)11(2)17-14/h3-8H,9H2,1-2H3,(H,16,17)(H,18,19). The van der Waals surface area contributed by atoms with Gasteiger partial charge in [-0.1, -0.05) is 29.8 Å². The van der Waals surface area contributed by atoms with E-state index in [1.807, 2.05) is 25.1 Å². The second kappa shape index (κ2) is 5.52. The summed E-state index contributed by atoms with van der Waals surface area (Å²) in [6.07, 6.45) is 0. The number of aromatic nitrogens is 1. The van der Waals surface area contributed by atoms with Crippen LogP contribution < -0.4 is 5.32 Å². The third-order valence-electron chi connectivity index (χ3n) is 2.87. The fraction of sp³-hybridized carbons (Fsp3) is 0.200. The highest BCUT2D eigenvalue weighted by Crippen LogP contribution is 2.12. The van der Waals surface area contributed by atoms with Crippen LogP contribution in [-0.2, 0) is 6.54 Å². The van der Waals surface area contributed by atoms with Gasteiger partial charge < -0.3 is 10.4 Å². The van der Waals surface area contributed by atoms with E-state index in [1.165, 1.54) is 11.1 Å². The predicted molar refractivity (Wildman–Crippen MR) is 74.4 cm³/mol. The second-order valence-electron chi connectivity index (χ2n) is 4.48. The summed E-state index contributed by atoms with van der Waals surface area (Å²) in [7, 11) is 0. The largest absolute Gasteiger partial charge is 0.478 e. The highest BCUT2D eigenvalue weighted by Gasteiger charge is 2.08. The molecule has 0 spiro atoms. The molecular formula is C15H16N2O2. The Bertz CT molecular complexity index is 609. The van der Waals surface area contributed by atoms with Crippen molar-refractivity contribution >= 4 is 11.8 Å². The number of aromatic carboxylic acids is 1. The first-order chi connectivity index (χ1) is 9.06. The van der Waals surface area contributed by atoms with Gasteiger partial charge in [-0.15, -0.1) is 0 Å². The Morgan fingerprint density at radius 2 is 2.05 bits per heavy atom. The molecule has 0 unspecified atom stereocenters. The van der Waals surface area contributed by atoms with E-state index in [0.717, 1.165) is 0 Å². The molecule has 19 heavy (non-hydrogen) atoms. The number of hydrogen-bond donors (Lipinski definition) is 2. The zero-order valence-corrected chi connectivity index (χ0v) is 11.0. The van der Waals surface area contributed by atoms with Gasteiger partial charge in [0.25, 0.3) is 0 Å². The number of benzene rings is 1. The number of rotatable bonds is 4. The summed E-state index contributed by atoms with van der Waals surface area (Å²) < 4.78 is 0. The first-order valence-corrected chi connectivity index (χ1v) is 6.06. The Kier molecular flexibility index (Phi) is 3.80. The van der Waals surface area contributed by atoms with E-state index in [0.29, 0.717) is 18.1 Å². The molecule has 0 radical (unpaired) electrons. The first-order valence-electron chi connectivity index (χ1n) is 6.06. The lowest BCUT2D eigenvalue weighted by molar-refractivity contribution is 0.0695. The highest BCUT2D eigenvalue weighted by molar-refractivity contribution is 5.89.